The van der Waals surface area contributed by atoms with Crippen molar-refractivity contribution >= 4 is 29.2 Å². The van der Waals surface area contributed by atoms with E-state index in [1.807, 2.05) is 30.3 Å². The van der Waals surface area contributed by atoms with Crippen LogP contribution in [-0.4, -0.2) is 15.7 Å². The molecule has 150 valence electrons. The summed E-state index contributed by atoms with van der Waals surface area (Å²) in [7, 11) is 0. The maximum Gasteiger partial charge on any atom is 0.342 e. The van der Waals surface area contributed by atoms with Crippen LogP contribution < -0.4 is 0 Å². The summed E-state index contributed by atoms with van der Waals surface area (Å²) in [4.78, 5) is 12.9. The number of esters is 1. The topological polar surface area (TPSA) is 44.1 Å². The second-order valence-corrected chi connectivity index (χ2v) is 7.27. The first kappa shape index (κ1) is 20.1. The summed E-state index contributed by atoms with van der Waals surface area (Å²) >= 11 is 12.3. The highest BCUT2D eigenvalue weighted by Crippen LogP contribution is 2.28. The van der Waals surface area contributed by atoms with Crippen LogP contribution in [0.25, 0.3) is 16.9 Å². The molecule has 30 heavy (non-hydrogen) atoms. The van der Waals surface area contributed by atoms with Crippen molar-refractivity contribution in [3.63, 3.8) is 0 Å². The summed E-state index contributed by atoms with van der Waals surface area (Å²) in [6, 6.07) is 20.2. The van der Waals surface area contributed by atoms with Crippen molar-refractivity contribution < 1.29 is 13.9 Å². The Hall–Kier alpha value is -3.15. The van der Waals surface area contributed by atoms with E-state index in [2.05, 4.69) is 5.10 Å². The SMILES string of the molecule is O=C(OCc1c(Cl)cccc1Cl)c1cn(-c2ccccc2)nc1-c1ccc(F)cc1. The predicted octanol–water partition coefficient (Wildman–Crippen LogP) is 6.34. The summed E-state index contributed by atoms with van der Waals surface area (Å²) in [5.74, 6) is -0.966. The third-order valence-electron chi connectivity index (χ3n) is 4.48. The van der Waals surface area contributed by atoms with Gasteiger partial charge in [-0.25, -0.2) is 13.9 Å². The molecule has 3 aromatic carbocycles. The number of ether oxygens (including phenoxy) is 1. The highest BCUT2D eigenvalue weighted by Gasteiger charge is 2.21. The second-order valence-electron chi connectivity index (χ2n) is 6.45. The molecule has 4 aromatic rings. The largest absolute Gasteiger partial charge is 0.457 e. The van der Waals surface area contributed by atoms with Gasteiger partial charge in [0.25, 0.3) is 0 Å². The number of aromatic nitrogens is 2. The van der Waals surface area contributed by atoms with E-state index in [0.29, 0.717) is 26.9 Å². The van der Waals surface area contributed by atoms with E-state index in [4.69, 9.17) is 27.9 Å². The van der Waals surface area contributed by atoms with Gasteiger partial charge in [0.05, 0.1) is 5.69 Å². The predicted molar refractivity (Wildman–Crippen MR) is 115 cm³/mol. The lowest BCUT2D eigenvalue weighted by Crippen LogP contribution is -2.06. The van der Waals surface area contributed by atoms with Gasteiger partial charge in [-0.3, -0.25) is 0 Å². The van der Waals surface area contributed by atoms with Crippen LogP contribution >= 0.6 is 23.2 Å². The van der Waals surface area contributed by atoms with Crippen molar-refractivity contribution in [1.29, 1.82) is 0 Å². The number of hydrogen-bond donors (Lipinski definition) is 0. The fraction of sp³-hybridized carbons (Fsp3) is 0.0435. The molecule has 0 atom stereocenters. The number of benzene rings is 3. The van der Waals surface area contributed by atoms with Crippen LogP contribution in [0.2, 0.25) is 10.0 Å². The summed E-state index contributed by atoms with van der Waals surface area (Å²) in [6.45, 7) is -0.0866. The van der Waals surface area contributed by atoms with Crippen LogP contribution in [0.4, 0.5) is 4.39 Å². The standard InChI is InChI=1S/C23H15Cl2FN2O2/c24-20-7-4-8-21(25)19(20)14-30-23(29)18-13-28(17-5-2-1-3-6-17)27-22(18)15-9-11-16(26)12-10-15/h1-13H,14H2. The van der Waals surface area contributed by atoms with Crippen LogP contribution in [0.1, 0.15) is 15.9 Å². The monoisotopic (exact) mass is 440 g/mol. The molecule has 0 bridgehead atoms. The number of para-hydroxylation sites is 1. The minimum Gasteiger partial charge on any atom is -0.457 e. The van der Waals surface area contributed by atoms with Gasteiger partial charge < -0.3 is 4.74 Å². The third-order valence-corrected chi connectivity index (χ3v) is 5.19. The molecule has 4 rings (SSSR count). The normalized spacial score (nSPS) is 10.8. The maximum absolute atomic E-state index is 13.4. The second kappa shape index (κ2) is 8.69. The summed E-state index contributed by atoms with van der Waals surface area (Å²) < 4.78 is 20.4. The average molecular weight is 441 g/mol. The molecular weight excluding hydrogens is 426 g/mol. The minimum absolute atomic E-state index is 0.0866. The smallest absolute Gasteiger partial charge is 0.342 e. The highest BCUT2D eigenvalue weighted by atomic mass is 35.5. The molecule has 0 spiro atoms. The molecule has 4 nitrogen and oxygen atoms in total. The van der Waals surface area contributed by atoms with Crippen molar-refractivity contribution in [3.8, 4) is 16.9 Å². The van der Waals surface area contributed by atoms with E-state index >= 15 is 0 Å². The van der Waals surface area contributed by atoms with Crippen molar-refractivity contribution in [1.82, 2.24) is 9.78 Å². The zero-order chi connectivity index (χ0) is 21.1. The number of nitrogens with zero attached hydrogens (tertiary/aromatic N) is 2. The van der Waals surface area contributed by atoms with Gasteiger partial charge >= 0.3 is 5.97 Å². The lowest BCUT2D eigenvalue weighted by atomic mass is 10.1. The molecule has 0 saturated carbocycles. The Kier molecular flexibility index (Phi) is 5.84. The molecule has 0 unspecified atom stereocenters. The van der Waals surface area contributed by atoms with Crippen molar-refractivity contribution in [2.24, 2.45) is 0 Å². The Morgan fingerprint density at radius 2 is 1.60 bits per heavy atom. The van der Waals surface area contributed by atoms with Crippen LogP contribution in [0.3, 0.4) is 0 Å². The molecule has 0 aliphatic carbocycles. The number of rotatable bonds is 5. The number of hydrogen-bond acceptors (Lipinski definition) is 3. The summed E-state index contributed by atoms with van der Waals surface area (Å²) in [6.07, 6.45) is 1.59. The van der Waals surface area contributed by atoms with Crippen LogP contribution in [0.5, 0.6) is 0 Å². The summed E-state index contributed by atoms with van der Waals surface area (Å²) in [5, 5.41) is 5.36. The van der Waals surface area contributed by atoms with E-state index in [9.17, 15) is 9.18 Å². The Balaban J connectivity index is 1.69. The first-order chi connectivity index (χ1) is 14.5. The summed E-state index contributed by atoms with van der Waals surface area (Å²) in [5.41, 5.74) is 2.51. The first-order valence-electron chi connectivity index (χ1n) is 9.04. The zero-order valence-electron chi connectivity index (χ0n) is 15.6. The van der Waals surface area contributed by atoms with Gasteiger partial charge in [-0.1, -0.05) is 47.5 Å². The highest BCUT2D eigenvalue weighted by molar-refractivity contribution is 6.35. The van der Waals surface area contributed by atoms with Crippen molar-refractivity contribution in [2.45, 2.75) is 6.61 Å². The van der Waals surface area contributed by atoms with Gasteiger partial charge in [-0.2, -0.15) is 5.10 Å². The molecule has 0 aliphatic rings. The quantitative estimate of drug-likeness (QED) is 0.340. The molecule has 0 fully saturated rings. The molecular formula is C23H15Cl2FN2O2. The van der Waals surface area contributed by atoms with Crippen molar-refractivity contribution in [3.05, 3.63) is 106 Å². The van der Waals surface area contributed by atoms with Crippen LogP contribution in [0.15, 0.2) is 79.0 Å². The van der Waals surface area contributed by atoms with Gasteiger partial charge in [0.2, 0.25) is 0 Å². The average Bonchev–Trinajstić information content (AvgIpc) is 3.20. The molecule has 7 heteroatoms. The lowest BCUT2D eigenvalue weighted by Gasteiger charge is -2.08. The van der Waals surface area contributed by atoms with E-state index in [-0.39, 0.29) is 18.0 Å². The van der Waals surface area contributed by atoms with Crippen molar-refractivity contribution in [2.75, 3.05) is 0 Å². The number of carbonyl (C=O) groups is 1. The van der Waals surface area contributed by atoms with Crippen LogP contribution in [-0.2, 0) is 11.3 Å². The van der Waals surface area contributed by atoms with Gasteiger partial charge in [-0.15, -0.1) is 0 Å². The molecule has 1 heterocycles. The molecule has 0 saturated heterocycles. The first-order valence-corrected chi connectivity index (χ1v) is 9.79. The van der Waals surface area contributed by atoms with Gasteiger partial charge in [0.15, 0.2) is 0 Å². The van der Waals surface area contributed by atoms with E-state index in [0.717, 1.165) is 5.69 Å². The third kappa shape index (κ3) is 4.22. The Morgan fingerprint density at radius 3 is 2.27 bits per heavy atom. The minimum atomic E-state index is -0.590. The molecule has 0 aliphatic heterocycles. The molecule has 1 aromatic heterocycles. The Labute approximate surface area is 182 Å². The Bertz CT molecular complexity index is 1170. The molecule has 0 radical (unpaired) electrons. The fourth-order valence-electron chi connectivity index (χ4n) is 2.94. The number of halogens is 3. The van der Waals surface area contributed by atoms with E-state index in [1.165, 1.54) is 12.1 Å². The molecule has 0 N–H and O–H groups in total. The van der Waals surface area contributed by atoms with Gasteiger partial charge in [0, 0.05) is 27.4 Å². The van der Waals surface area contributed by atoms with Crippen LogP contribution in [0, 0.1) is 5.82 Å². The maximum atomic E-state index is 13.4. The fourth-order valence-corrected chi connectivity index (χ4v) is 3.45. The molecule has 0 amide bonds. The Morgan fingerprint density at radius 1 is 0.933 bits per heavy atom. The van der Waals surface area contributed by atoms with Gasteiger partial charge in [0.1, 0.15) is 23.7 Å². The zero-order valence-corrected chi connectivity index (χ0v) is 17.1. The lowest BCUT2D eigenvalue weighted by molar-refractivity contribution is 0.0474. The van der Waals surface area contributed by atoms with Gasteiger partial charge in [-0.05, 0) is 48.5 Å². The number of carbonyl (C=O) groups excluding carboxylic acids is 1. The van der Waals surface area contributed by atoms with E-state index < -0.39 is 5.97 Å². The van der Waals surface area contributed by atoms with E-state index in [1.54, 1.807) is 41.2 Å².